The summed E-state index contributed by atoms with van der Waals surface area (Å²) in [5, 5.41) is 20.4. The first-order valence-corrected chi connectivity index (χ1v) is 8.75. The zero-order chi connectivity index (χ0) is 19.6. The van der Waals surface area contributed by atoms with Crippen LogP contribution in [0, 0.1) is 18.6 Å². The van der Waals surface area contributed by atoms with Crippen molar-refractivity contribution < 1.29 is 18.7 Å². The van der Waals surface area contributed by atoms with Gasteiger partial charge >= 0.3 is 0 Å². The van der Waals surface area contributed by atoms with Crippen LogP contribution in [-0.2, 0) is 0 Å². The first-order valence-electron chi connectivity index (χ1n) is 7.96. The average molecular weight is 437 g/mol. The standard InChI is InChI=1S/C18H15BrF2N4O2/c1-10-17(23-24-25(10)13-4-2-3-11(19)7-13)18(27)22-9-16(26)14-6-5-12(20)8-15(14)21/h2-8,16,26H,9H2,1H3,(H,22,27). The fraction of sp³-hybridized carbons (Fsp3) is 0.167. The summed E-state index contributed by atoms with van der Waals surface area (Å²) in [6, 6.07) is 10.2. The number of nitrogens with zero attached hydrogens (tertiary/aromatic N) is 3. The largest absolute Gasteiger partial charge is 0.386 e. The van der Waals surface area contributed by atoms with Crippen LogP contribution in [0.1, 0.15) is 27.8 Å². The predicted molar refractivity (Wildman–Crippen MR) is 97.4 cm³/mol. The molecule has 1 aromatic heterocycles. The molecule has 3 rings (SSSR count). The Bertz CT molecular complexity index is 993. The monoisotopic (exact) mass is 436 g/mol. The van der Waals surface area contributed by atoms with Gasteiger partial charge in [-0.25, -0.2) is 13.5 Å². The molecule has 1 unspecified atom stereocenters. The normalized spacial score (nSPS) is 12.0. The second kappa shape index (κ2) is 7.93. The Balaban J connectivity index is 1.72. The summed E-state index contributed by atoms with van der Waals surface area (Å²) >= 11 is 3.37. The molecular weight excluding hydrogens is 422 g/mol. The molecule has 0 spiro atoms. The summed E-state index contributed by atoms with van der Waals surface area (Å²) < 4.78 is 29.0. The van der Waals surface area contributed by atoms with Crippen LogP contribution in [-0.4, -0.2) is 32.6 Å². The number of aliphatic hydroxyl groups is 1. The lowest BCUT2D eigenvalue weighted by atomic mass is 10.1. The molecule has 2 N–H and O–H groups in total. The summed E-state index contributed by atoms with van der Waals surface area (Å²) in [5.74, 6) is -2.18. The summed E-state index contributed by atoms with van der Waals surface area (Å²) in [4.78, 5) is 12.4. The number of aliphatic hydroxyl groups excluding tert-OH is 1. The van der Waals surface area contributed by atoms with Crippen molar-refractivity contribution in [1.29, 1.82) is 0 Å². The van der Waals surface area contributed by atoms with Gasteiger partial charge in [-0.15, -0.1) is 5.10 Å². The van der Waals surface area contributed by atoms with Crippen molar-refractivity contribution in [3.8, 4) is 5.69 Å². The minimum Gasteiger partial charge on any atom is -0.386 e. The molecule has 0 radical (unpaired) electrons. The van der Waals surface area contributed by atoms with E-state index in [1.165, 1.54) is 4.68 Å². The van der Waals surface area contributed by atoms with E-state index in [1.807, 2.05) is 24.3 Å². The van der Waals surface area contributed by atoms with E-state index in [4.69, 9.17) is 0 Å². The zero-order valence-electron chi connectivity index (χ0n) is 14.2. The number of hydrogen-bond acceptors (Lipinski definition) is 4. The van der Waals surface area contributed by atoms with E-state index in [0.29, 0.717) is 11.8 Å². The van der Waals surface area contributed by atoms with Crippen LogP contribution in [0.25, 0.3) is 5.69 Å². The van der Waals surface area contributed by atoms with Crippen LogP contribution in [0.2, 0.25) is 0 Å². The van der Waals surface area contributed by atoms with Crippen LogP contribution >= 0.6 is 15.9 Å². The number of rotatable bonds is 5. The highest BCUT2D eigenvalue weighted by Crippen LogP contribution is 2.19. The van der Waals surface area contributed by atoms with E-state index in [9.17, 15) is 18.7 Å². The second-order valence-corrected chi connectivity index (χ2v) is 6.72. The Hall–Kier alpha value is -2.65. The number of hydrogen-bond donors (Lipinski definition) is 2. The van der Waals surface area contributed by atoms with Gasteiger partial charge in [-0.05, 0) is 31.2 Å². The van der Waals surface area contributed by atoms with Crippen molar-refractivity contribution >= 4 is 21.8 Å². The lowest BCUT2D eigenvalue weighted by Gasteiger charge is -2.12. The molecule has 0 aliphatic carbocycles. The summed E-state index contributed by atoms with van der Waals surface area (Å²) in [7, 11) is 0. The predicted octanol–water partition coefficient (Wildman–Crippen LogP) is 3.08. The van der Waals surface area contributed by atoms with E-state index < -0.39 is 23.6 Å². The van der Waals surface area contributed by atoms with Gasteiger partial charge in [0.1, 0.15) is 11.6 Å². The molecule has 0 aliphatic heterocycles. The van der Waals surface area contributed by atoms with Crippen LogP contribution in [0.4, 0.5) is 8.78 Å². The van der Waals surface area contributed by atoms with E-state index >= 15 is 0 Å². The van der Waals surface area contributed by atoms with E-state index in [0.717, 1.165) is 22.3 Å². The van der Waals surface area contributed by atoms with E-state index in [1.54, 1.807) is 6.92 Å². The van der Waals surface area contributed by atoms with Gasteiger partial charge in [-0.3, -0.25) is 4.79 Å². The summed E-state index contributed by atoms with van der Waals surface area (Å²) in [6.45, 7) is 1.43. The smallest absolute Gasteiger partial charge is 0.273 e. The summed E-state index contributed by atoms with van der Waals surface area (Å²) in [6.07, 6.45) is -1.32. The van der Waals surface area contributed by atoms with Gasteiger partial charge in [0.05, 0.1) is 17.5 Å². The zero-order valence-corrected chi connectivity index (χ0v) is 15.7. The van der Waals surface area contributed by atoms with E-state index in [-0.39, 0.29) is 17.8 Å². The molecule has 140 valence electrons. The fourth-order valence-corrected chi connectivity index (χ4v) is 2.93. The topological polar surface area (TPSA) is 80.0 Å². The number of amides is 1. The van der Waals surface area contributed by atoms with Crippen LogP contribution in [0.3, 0.4) is 0 Å². The van der Waals surface area contributed by atoms with Gasteiger partial charge in [-0.1, -0.05) is 33.3 Å². The van der Waals surface area contributed by atoms with Crippen molar-refractivity contribution in [2.75, 3.05) is 6.54 Å². The Kier molecular flexibility index (Phi) is 5.62. The molecule has 2 aromatic carbocycles. The van der Waals surface area contributed by atoms with E-state index in [2.05, 4.69) is 31.6 Å². The molecule has 9 heteroatoms. The molecule has 0 saturated carbocycles. The Labute approximate surface area is 162 Å². The van der Waals surface area contributed by atoms with Crippen LogP contribution in [0.15, 0.2) is 46.9 Å². The lowest BCUT2D eigenvalue weighted by Crippen LogP contribution is -2.29. The molecular formula is C18H15BrF2N4O2. The molecule has 0 saturated heterocycles. The van der Waals surface area contributed by atoms with Gasteiger partial charge < -0.3 is 10.4 Å². The third kappa shape index (κ3) is 4.20. The Morgan fingerprint density at radius 3 is 2.78 bits per heavy atom. The van der Waals surface area contributed by atoms with Crippen molar-refractivity contribution in [1.82, 2.24) is 20.3 Å². The lowest BCUT2D eigenvalue weighted by molar-refractivity contribution is 0.0908. The molecule has 27 heavy (non-hydrogen) atoms. The minimum absolute atomic E-state index is 0.0850. The van der Waals surface area contributed by atoms with Crippen molar-refractivity contribution in [2.24, 2.45) is 0 Å². The quantitative estimate of drug-likeness (QED) is 0.643. The molecule has 3 aromatic rings. The molecule has 1 amide bonds. The maximum Gasteiger partial charge on any atom is 0.273 e. The van der Waals surface area contributed by atoms with Crippen molar-refractivity contribution in [3.63, 3.8) is 0 Å². The van der Waals surface area contributed by atoms with Crippen molar-refractivity contribution in [3.05, 3.63) is 75.5 Å². The molecule has 0 aliphatic rings. The van der Waals surface area contributed by atoms with Gasteiger partial charge in [-0.2, -0.15) is 0 Å². The fourth-order valence-electron chi connectivity index (χ4n) is 2.55. The first kappa shape index (κ1) is 19.1. The highest BCUT2D eigenvalue weighted by Gasteiger charge is 2.20. The number of nitrogens with one attached hydrogen (secondary N) is 1. The number of benzene rings is 2. The van der Waals surface area contributed by atoms with Gasteiger partial charge in [0.2, 0.25) is 0 Å². The Morgan fingerprint density at radius 2 is 2.07 bits per heavy atom. The Morgan fingerprint density at radius 1 is 1.30 bits per heavy atom. The van der Waals surface area contributed by atoms with Crippen LogP contribution in [0.5, 0.6) is 0 Å². The van der Waals surface area contributed by atoms with Gasteiger partial charge in [0, 0.05) is 22.6 Å². The summed E-state index contributed by atoms with van der Waals surface area (Å²) in [5.41, 5.74) is 1.21. The highest BCUT2D eigenvalue weighted by molar-refractivity contribution is 9.10. The highest BCUT2D eigenvalue weighted by atomic mass is 79.9. The number of carbonyl (C=O) groups is 1. The number of aromatic nitrogens is 3. The first-order chi connectivity index (χ1) is 12.9. The third-order valence-electron chi connectivity index (χ3n) is 3.94. The van der Waals surface area contributed by atoms with Gasteiger partial charge in [0.15, 0.2) is 5.69 Å². The molecule has 0 fully saturated rings. The molecule has 1 atom stereocenters. The second-order valence-electron chi connectivity index (χ2n) is 5.81. The maximum atomic E-state index is 13.7. The van der Waals surface area contributed by atoms with Crippen LogP contribution < -0.4 is 5.32 Å². The SMILES string of the molecule is Cc1c(C(=O)NCC(O)c2ccc(F)cc2F)nnn1-c1cccc(Br)c1. The third-order valence-corrected chi connectivity index (χ3v) is 4.43. The number of carbonyl (C=O) groups excluding carboxylic acids is 1. The molecule has 0 bridgehead atoms. The molecule has 1 heterocycles. The maximum absolute atomic E-state index is 13.7. The number of halogens is 3. The average Bonchev–Trinajstić information content (AvgIpc) is 3.01. The van der Waals surface area contributed by atoms with Gasteiger partial charge in [0.25, 0.3) is 5.91 Å². The molecule has 6 nitrogen and oxygen atoms in total. The minimum atomic E-state index is -1.32. The van der Waals surface area contributed by atoms with Crippen molar-refractivity contribution in [2.45, 2.75) is 13.0 Å².